The maximum Gasteiger partial charge on any atom is 0.387 e. The van der Waals surface area contributed by atoms with Crippen LogP contribution < -0.4 is 14.5 Å². The number of hydrogen-bond donors (Lipinski definition) is 0. The average Bonchev–Trinajstić information content (AvgIpc) is 3.49. The van der Waals surface area contributed by atoms with Crippen molar-refractivity contribution in [2.45, 2.75) is 42.9 Å². The number of aromatic amines is 1. The molecule has 0 unspecified atom stereocenters. The molecular formula is C29H30Cl2F2N3O7S+. The molecule has 236 valence electrons. The number of hydrogen-bond acceptors (Lipinski definition) is 7. The Labute approximate surface area is 263 Å². The van der Waals surface area contributed by atoms with E-state index in [9.17, 15) is 26.8 Å². The molecule has 1 saturated heterocycles. The van der Waals surface area contributed by atoms with Crippen molar-refractivity contribution in [1.29, 1.82) is 0 Å². The minimum Gasteiger partial charge on any atom is -0.493 e. The molecule has 1 N–H and O–H groups in total. The second kappa shape index (κ2) is 14.1. The zero-order valence-corrected chi connectivity index (χ0v) is 26.3. The molecule has 1 aliphatic heterocycles. The number of ether oxygens (including phenoxy) is 3. The van der Waals surface area contributed by atoms with Crippen LogP contribution in [0, 0.1) is 0 Å². The fourth-order valence-corrected chi connectivity index (χ4v) is 7.05. The molecule has 0 radical (unpaired) electrons. The Balaban J connectivity index is 1.67. The van der Waals surface area contributed by atoms with Crippen LogP contribution in [0.5, 0.6) is 11.5 Å². The van der Waals surface area contributed by atoms with Crippen LogP contribution in [-0.2, 0) is 26.0 Å². The van der Waals surface area contributed by atoms with Gasteiger partial charge >= 0.3 is 12.6 Å². The first-order valence-electron chi connectivity index (χ1n) is 13.3. The number of benzene rings is 2. The van der Waals surface area contributed by atoms with Crippen LogP contribution in [0.2, 0.25) is 10.0 Å². The van der Waals surface area contributed by atoms with E-state index in [4.69, 9.17) is 32.7 Å². The summed E-state index contributed by atoms with van der Waals surface area (Å²) in [6.45, 7) is -3.04. The van der Waals surface area contributed by atoms with Crippen LogP contribution in [0.3, 0.4) is 0 Å². The standard InChI is InChI=1S/C29H29Cl2F2N3O7S/c1-35(2)27(37)18-6-4-7-19(12-18)44(39,40)36-11-5-8-23(36)28(38)42-25(14-20-21(30)15-34-16-22(20)31)17-9-10-24(43-29(32)33)26(13-17)41-3/h4,6-7,9-10,12-13,15-16,23,25,29H,5,8,11,14H2,1-3H3/p+1/t23-,25-/m0/s1. The fourth-order valence-electron chi connectivity index (χ4n) is 4.83. The summed E-state index contributed by atoms with van der Waals surface area (Å²) in [5.41, 5.74) is 0.936. The van der Waals surface area contributed by atoms with E-state index in [1.807, 2.05) is 0 Å². The number of H-pyrrole nitrogens is 1. The predicted molar refractivity (Wildman–Crippen MR) is 157 cm³/mol. The van der Waals surface area contributed by atoms with E-state index in [1.165, 1.54) is 66.9 Å². The van der Waals surface area contributed by atoms with Gasteiger partial charge in [-0.25, -0.2) is 13.4 Å². The molecule has 1 amide bonds. The lowest BCUT2D eigenvalue weighted by molar-refractivity contribution is -0.377. The number of sulfonamides is 1. The highest BCUT2D eigenvalue weighted by Crippen LogP contribution is 2.37. The van der Waals surface area contributed by atoms with E-state index < -0.39 is 34.7 Å². The first-order valence-corrected chi connectivity index (χ1v) is 15.5. The molecule has 0 bridgehead atoms. The van der Waals surface area contributed by atoms with Gasteiger partial charge in [-0.2, -0.15) is 13.1 Å². The molecule has 44 heavy (non-hydrogen) atoms. The maximum absolute atomic E-state index is 13.7. The lowest BCUT2D eigenvalue weighted by Gasteiger charge is -2.26. The number of rotatable bonds is 11. The third-order valence-electron chi connectivity index (χ3n) is 6.99. The van der Waals surface area contributed by atoms with Gasteiger partial charge in [-0.3, -0.25) is 9.59 Å². The van der Waals surface area contributed by atoms with Crippen molar-refractivity contribution in [1.82, 2.24) is 9.21 Å². The minimum atomic E-state index is -4.21. The molecule has 0 saturated carbocycles. The van der Waals surface area contributed by atoms with E-state index in [0.29, 0.717) is 17.5 Å². The molecule has 2 atom stereocenters. The summed E-state index contributed by atoms with van der Waals surface area (Å²) < 4.78 is 70.0. The van der Waals surface area contributed by atoms with Gasteiger partial charge in [0, 0.05) is 38.2 Å². The molecule has 1 aliphatic rings. The van der Waals surface area contributed by atoms with Gasteiger partial charge in [0.1, 0.15) is 22.2 Å². The molecule has 1 fully saturated rings. The number of carbonyl (C=O) groups is 2. The van der Waals surface area contributed by atoms with E-state index in [-0.39, 0.29) is 57.3 Å². The van der Waals surface area contributed by atoms with Gasteiger partial charge in [0.2, 0.25) is 10.0 Å². The van der Waals surface area contributed by atoms with E-state index in [0.717, 1.165) is 4.31 Å². The van der Waals surface area contributed by atoms with Crippen molar-refractivity contribution in [3.05, 3.63) is 81.6 Å². The summed E-state index contributed by atoms with van der Waals surface area (Å²) >= 11 is 12.7. The van der Waals surface area contributed by atoms with Crippen LogP contribution >= 0.6 is 23.2 Å². The molecule has 2 heterocycles. The highest BCUT2D eigenvalue weighted by Gasteiger charge is 2.41. The highest BCUT2D eigenvalue weighted by atomic mass is 35.5. The third-order valence-corrected chi connectivity index (χ3v) is 9.57. The topological polar surface area (TPSA) is 117 Å². The molecule has 0 aliphatic carbocycles. The van der Waals surface area contributed by atoms with Crippen LogP contribution in [-0.4, -0.2) is 69.9 Å². The summed E-state index contributed by atoms with van der Waals surface area (Å²) in [6.07, 6.45) is 2.43. The van der Waals surface area contributed by atoms with Crippen molar-refractivity contribution in [2.24, 2.45) is 0 Å². The Morgan fingerprint density at radius 2 is 1.80 bits per heavy atom. The van der Waals surface area contributed by atoms with Crippen LogP contribution in [0.15, 0.2) is 59.8 Å². The molecule has 2 aromatic carbocycles. The number of esters is 1. The van der Waals surface area contributed by atoms with E-state index in [1.54, 1.807) is 14.1 Å². The Bertz CT molecular complexity index is 1620. The average molecular weight is 674 g/mol. The number of methoxy groups -OCH3 is 1. The number of pyridine rings is 1. The van der Waals surface area contributed by atoms with Crippen molar-refractivity contribution < 1.29 is 46.0 Å². The Morgan fingerprint density at radius 1 is 1.09 bits per heavy atom. The maximum atomic E-state index is 13.7. The van der Waals surface area contributed by atoms with Crippen molar-refractivity contribution in [2.75, 3.05) is 27.7 Å². The number of halogens is 4. The van der Waals surface area contributed by atoms with Gasteiger partial charge in [-0.1, -0.05) is 35.3 Å². The highest BCUT2D eigenvalue weighted by molar-refractivity contribution is 7.89. The Morgan fingerprint density at radius 3 is 2.43 bits per heavy atom. The molecule has 15 heteroatoms. The number of amides is 1. The minimum absolute atomic E-state index is 0.0372. The predicted octanol–water partition coefficient (Wildman–Crippen LogP) is 4.80. The molecule has 0 spiro atoms. The third kappa shape index (κ3) is 7.40. The lowest BCUT2D eigenvalue weighted by atomic mass is 10.0. The summed E-state index contributed by atoms with van der Waals surface area (Å²) in [6, 6.07) is 8.47. The summed E-state index contributed by atoms with van der Waals surface area (Å²) in [5.74, 6) is -1.49. The molecule has 3 aromatic rings. The summed E-state index contributed by atoms with van der Waals surface area (Å²) in [7, 11) is 0.160. The fraction of sp³-hybridized carbons (Fsp3) is 0.345. The van der Waals surface area contributed by atoms with E-state index in [2.05, 4.69) is 9.72 Å². The van der Waals surface area contributed by atoms with Gasteiger partial charge < -0.3 is 19.1 Å². The molecule has 1 aromatic heterocycles. The van der Waals surface area contributed by atoms with Crippen LogP contribution in [0.1, 0.15) is 40.4 Å². The Hall–Kier alpha value is -3.52. The van der Waals surface area contributed by atoms with E-state index >= 15 is 0 Å². The molecule has 10 nitrogen and oxygen atoms in total. The SMILES string of the molecule is COc1cc([C@H](Cc2c(Cl)c[nH+]cc2Cl)OC(=O)[C@@H]2CCCN2S(=O)(=O)c2cccc(C(=O)N(C)C)c2)ccc1OC(F)F. The van der Waals surface area contributed by atoms with Gasteiger partial charge in [0.25, 0.3) is 5.91 Å². The number of aromatic nitrogens is 1. The number of carbonyl (C=O) groups excluding carboxylic acids is 2. The quantitative estimate of drug-likeness (QED) is 0.269. The number of nitrogens with zero attached hydrogens (tertiary/aromatic N) is 2. The zero-order chi connectivity index (χ0) is 32.2. The van der Waals surface area contributed by atoms with Gasteiger partial charge in [0.15, 0.2) is 23.9 Å². The van der Waals surface area contributed by atoms with Gasteiger partial charge in [-0.15, -0.1) is 0 Å². The van der Waals surface area contributed by atoms with Crippen molar-refractivity contribution in [3.8, 4) is 11.5 Å². The molecular weight excluding hydrogens is 643 g/mol. The van der Waals surface area contributed by atoms with Crippen molar-refractivity contribution >= 4 is 45.1 Å². The van der Waals surface area contributed by atoms with Gasteiger partial charge in [0.05, 0.1) is 12.0 Å². The zero-order valence-electron chi connectivity index (χ0n) is 23.9. The van der Waals surface area contributed by atoms with Gasteiger partial charge in [-0.05, 0) is 48.7 Å². The molecule has 4 rings (SSSR count). The van der Waals surface area contributed by atoms with Crippen LogP contribution in [0.4, 0.5) is 8.78 Å². The summed E-state index contributed by atoms with van der Waals surface area (Å²) in [4.78, 5) is 30.1. The second-order valence-electron chi connectivity index (χ2n) is 10.0. The first kappa shape index (κ1) is 33.4. The smallest absolute Gasteiger partial charge is 0.387 e. The Kier molecular flexibility index (Phi) is 10.7. The number of alkyl halides is 2. The largest absolute Gasteiger partial charge is 0.493 e. The van der Waals surface area contributed by atoms with Crippen molar-refractivity contribution in [3.63, 3.8) is 0 Å². The monoisotopic (exact) mass is 672 g/mol. The normalized spacial score (nSPS) is 16.0. The second-order valence-corrected chi connectivity index (χ2v) is 12.8. The van der Waals surface area contributed by atoms with Crippen LogP contribution in [0.25, 0.3) is 0 Å². The lowest BCUT2D eigenvalue weighted by Crippen LogP contribution is -2.42. The summed E-state index contributed by atoms with van der Waals surface area (Å²) in [5, 5.41) is 0.501. The number of nitrogens with one attached hydrogen (secondary N) is 1. The first-order chi connectivity index (χ1) is 20.8.